The molecular formula is C21H40Cl2N4O2. The van der Waals surface area contributed by atoms with Crippen molar-refractivity contribution >= 4 is 36.6 Å². The van der Waals surface area contributed by atoms with Gasteiger partial charge < -0.3 is 15.5 Å². The Labute approximate surface area is 188 Å². The predicted molar refractivity (Wildman–Crippen MR) is 122 cm³/mol. The first kappa shape index (κ1) is 26.5. The van der Waals surface area contributed by atoms with Gasteiger partial charge in [-0.2, -0.15) is 0 Å². The van der Waals surface area contributed by atoms with Gasteiger partial charge in [0.05, 0.1) is 6.54 Å². The molecule has 0 bridgehead atoms. The van der Waals surface area contributed by atoms with Crippen LogP contribution in [0.3, 0.4) is 0 Å². The smallest absolute Gasteiger partial charge is 0.236 e. The fourth-order valence-corrected chi connectivity index (χ4v) is 4.95. The molecule has 3 aliphatic rings. The SMILES string of the molecule is Cl.Cl.NCC1(CC(=O)N2CCN(CC(=O)N3CCCCCC3)CC2)CCCCC1. The first-order valence-electron chi connectivity index (χ1n) is 11.1. The number of carbonyl (C=O) groups excluding carboxylic acids is 2. The minimum atomic E-state index is 0. The second kappa shape index (κ2) is 13.0. The van der Waals surface area contributed by atoms with Gasteiger partial charge in [-0.1, -0.05) is 32.1 Å². The molecule has 1 aliphatic carbocycles. The quantitative estimate of drug-likeness (QED) is 0.698. The summed E-state index contributed by atoms with van der Waals surface area (Å²) in [5, 5.41) is 0. The van der Waals surface area contributed by atoms with Crippen LogP contribution in [0.15, 0.2) is 0 Å². The minimum Gasteiger partial charge on any atom is -0.342 e. The highest BCUT2D eigenvalue weighted by molar-refractivity contribution is 5.85. The number of amides is 2. The molecule has 3 rings (SSSR count). The van der Waals surface area contributed by atoms with E-state index in [0.717, 1.165) is 65.0 Å². The molecule has 0 unspecified atom stereocenters. The second-order valence-corrected chi connectivity index (χ2v) is 8.89. The Morgan fingerprint density at radius 2 is 1.21 bits per heavy atom. The maximum atomic E-state index is 12.8. The topological polar surface area (TPSA) is 69.9 Å². The lowest BCUT2D eigenvalue weighted by Crippen LogP contribution is -2.52. The van der Waals surface area contributed by atoms with E-state index in [-0.39, 0.29) is 42.0 Å². The number of rotatable bonds is 5. The molecule has 0 spiro atoms. The maximum absolute atomic E-state index is 12.8. The van der Waals surface area contributed by atoms with Crippen LogP contribution in [0.5, 0.6) is 0 Å². The van der Waals surface area contributed by atoms with Gasteiger partial charge in [0, 0.05) is 45.7 Å². The van der Waals surface area contributed by atoms with Crippen molar-refractivity contribution in [3.05, 3.63) is 0 Å². The third-order valence-corrected chi connectivity index (χ3v) is 6.92. The molecule has 170 valence electrons. The molecule has 0 aromatic carbocycles. The van der Waals surface area contributed by atoms with E-state index in [0.29, 0.717) is 19.5 Å². The highest BCUT2D eigenvalue weighted by Crippen LogP contribution is 2.38. The van der Waals surface area contributed by atoms with Crippen molar-refractivity contribution < 1.29 is 9.59 Å². The zero-order chi connectivity index (χ0) is 19.1. The lowest BCUT2D eigenvalue weighted by Gasteiger charge is -2.40. The molecule has 2 saturated heterocycles. The van der Waals surface area contributed by atoms with Gasteiger partial charge in [-0.05, 0) is 37.6 Å². The van der Waals surface area contributed by atoms with Crippen molar-refractivity contribution in [3.8, 4) is 0 Å². The molecule has 2 heterocycles. The highest BCUT2D eigenvalue weighted by Gasteiger charge is 2.35. The summed E-state index contributed by atoms with van der Waals surface area (Å²) in [5.41, 5.74) is 6.09. The Balaban J connectivity index is 0.00000210. The Kier molecular flexibility index (Phi) is 11.9. The number of hydrogen-bond acceptors (Lipinski definition) is 4. The van der Waals surface area contributed by atoms with Crippen molar-refractivity contribution in [2.45, 2.75) is 64.2 Å². The molecule has 0 aromatic heterocycles. The fourth-order valence-electron chi connectivity index (χ4n) is 4.95. The van der Waals surface area contributed by atoms with Crippen LogP contribution in [-0.2, 0) is 9.59 Å². The Morgan fingerprint density at radius 3 is 1.76 bits per heavy atom. The van der Waals surface area contributed by atoms with Crippen molar-refractivity contribution in [3.63, 3.8) is 0 Å². The van der Waals surface area contributed by atoms with Crippen LogP contribution < -0.4 is 5.73 Å². The summed E-state index contributed by atoms with van der Waals surface area (Å²) in [7, 11) is 0. The van der Waals surface area contributed by atoms with Gasteiger partial charge in [-0.25, -0.2) is 0 Å². The molecule has 2 amide bonds. The third kappa shape index (κ3) is 7.57. The average Bonchev–Trinajstić information content (AvgIpc) is 2.99. The highest BCUT2D eigenvalue weighted by atomic mass is 35.5. The summed E-state index contributed by atoms with van der Waals surface area (Å²) in [5.74, 6) is 0.529. The molecule has 2 N–H and O–H groups in total. The largest absolute Gasteiger partial charge is 0.342 e. The van der Waals surface area contributed by atoms with Crippen molar-refractivity contribution in [1.82, 2.24) is 14.7 Å². The predicted octanol–water partition coefficient (Wildman–Crippen LogP) is 2.68. The van der Waals surface area contributed by atoms with Gasteiger partial charge in [-0.15, -0.1) is 24.8 Å². The minimum absolute atomic E-state index is 0. The molecule has 0 radical (unpaired) electrons. The van der Waals surface area contributed by atoms with Crippen LogP contribution >= 0.6 is 24.8 Å². The summed E-state index contributed by atoms with van der Waals surface area (Å²) < 4.78 is 0. The monoisotopic (exact) mass is 450 g/mol. The zero-order valence-electron chi connectivity index (χ0n) is 17.8. The van der Waals surface area contributed by atoms with Gasteiger partial charge in [-0.3, -0.25) is 14.5 Å². The van der Waals surface area contributed by atoms with Gasteiger partial charge >= 0.3 is 0 Å². The lowest BCUT2D eigenvalue weighted by molar-refractivity contribution is -0.137. The number of piperazine rings is 1. The van der Waals surface area contributed by atoms with Gasteiger partial charge in [0.15, 0.2) is 0 Å². The molecule has 1 saturated carbocycles. The number of nitrogens with two attached hydrogens (primary N) is 1. The molecule has 2 aliphatic heterocycles. The van der Waals surface area contributed by atoms with Gasteiger partial charge in [0.2, 0.25) is 11.8 Å². The molecule has 29 heavy (non-hydrogen) atoms. The van der Waals surface area contributed by atoms with Gasteiger partial charge in [0.25, 0.3) is 0 Å². The summed E-state index contributed by atoms with van der Waals surface area (Å²) in [4.78, 5) is 31.6. The lowest BCUT2D eigenvalue weighted by atomic mass is 9.71. The van der Waals surface area contributed by atoms with Gasteiger partial charge in [0.1, 0.15) is 0 Å². The van der Waals surface area contributed by atoms with E-state index in [1.165, 1.54) is 32.1 Å². The summed E-state index contributed by atoms with van der Waals surface area (Å²) in [6.45, 7) is 6.07. The Bertz CT molecular complexity index is 499. The van der Waals surface area contributed by atoms with Crippen LogP contribution in [0.1, 0.15) is 64.2 Å². The Morgan fingerprint density at radius 1 is 0.690 bits per heavy atom. The number of hydrogen-bond donors (Lipinski definition) is 1. The molecular weight excluding hydrogens is 411 g/mol. The van der Waals surface area contributed by atoms with E-state index in [2.05, 4.69) is 4.90 Å². The number of halogens is 2. The first-order valence-corrected chi connectivity index (χ1v) is 11.1. The van der Waals surface area contributed by atoms with Crippen LogP contribution in [-0.4, -0.2) is 78.9 Å². The normalized spacial score (nSPS) is 22.8. The molecule has 0 atom stereocenters. The Hall–Kier alpha value is -0.560. The van der Waals surface area contributed by atoms with Crippen LogP contribution in [0.2, 0.25) is 0 Å². The summed E-state index contributed by atoms with van der Waals surface area (Å²) in [6.07, 6.45) is 11.3. The van der Waals surface area contributed by atoms with Crippen LogP contribution in [0.4, 0.5) is 0 Å². The average molecular weight is 451 g/mol. The number of likely N-dealkylation sites (tertiary alicyclic amines) is 1. The summed E-state index contributed by atoms with van der Waals surface area (Å²) >= 11 is 0. The van der Waals surface area contributed by atoms with E-state index in [1.54, 1.807) is 0 Å². The number of nitrogens with zero attached hydrogens (tertiary/aromatic N) is 3. The zero-order valence-corrected chi connectivity index (χ0v) is 19.4. The fraction of sp³-hybridized carbons (Fsp3) is 0.905. The first-order chi connectivity index (χ1) is 13.1. The maximum Gasteiger partial charge on any atom is 0.236 e. The molecule has 8 heteroatoms. The second-order valence-electron chi connectivity index (χ2n) is 8.89. The van der Waals surface area contributed by atoms with Crippen molar-refractivity contribution in [2.75, 3.05) is 52.4 Å². The third-order valence-electron chi connectivity index (χ3n) is 6.92. The summed E-state index contributed by atoms with van der Waals surface area (Å²) in [6, 6.07) is 0. The standard InChI is InChI=1S/C21H38N4O2.2ClH/c22-18-21(8-4-3-5-9-21)16-19(26)25-14-12-23(13-15-25)17-20(27)24-10-6-1-2-7-11-24;;/h1-18,22H2;2*1H. The molecule has 6 nitrogen and oxygen atoms in total. The number of carbonyl (C=O) groups is 2. The van der Waals surface area contributed by atoms with E-state index in [1.807, 2.05) is 9.80 Å². The van der Waals surface area contributed by atoms with E-state index >= 15 is 0 Å². The van der Waals surface area contributed by atoms with E-state index < -0.39 is 0 Å². The van der Waals surface area contributed by atoms with E-state index in [4.69, 9.17) is 5.73 Å². The molecule has 3 fully saturated rings. The van der Waals surface area contributed by atoms with Crippen LogP contribution in [0.25, 0.3) is 0 Å². The van der Waals surface area contributed by atoms with Crippen LogP contribution in [0, 0.1) is 5.41 Å². The van der Waals surface area contributed by atoms with Crippen molar-refractivity contribution in [2.24, 2.45) is 11.1 Å². The van der Waals surface area contributed by atoms with Crippen molar-refractivity contribution in [1.29, 1.82) is 0 Å². The molecule has 0 aromatic rings. The van der Waals surface area contributed by atoms with E-state index in [9.17, 15) is 9.59 Å².